The number of allylic oxidation sites excluding steroid dienone is 2. The van der Waals surface area contributed by atoms with E-state index in [1.54, 1.807) is 29.2 Å². The van der Waals surface area contributed by atoms with E-state index in [1.165, 1.54) is 11.1 Å². The molecule has 0 saturated heterocycles. The molecule has 6 bridgehead atoms. The molecule has 0 fully saturated rings. The fourth-order valence-electron chi connectivity index (χ4n) is 4.09. The van der Waals surface area contributed by atoms with Crippen molar-refractivity contribution in [3.63, 3.8) is 0 Å². The molecule has 1 atom stereocenters. The van der Waals surface area contributed by atoms with Gasteiger partial charge in [-0.1, -0.05) is 54.6 Å². The minimum absolute atomic E-state index is 0.354. The van der Waals surface area contributed by atoms with Gasteiger partial charge in [-0.15, -0.1) is 0 Å². The first-order chi connectivity index (χ1) is 16.7. The SMILES string of the molecule is O=C[C@@H]1Cc2ccc(cc2)CC=CCc2cccc(c2)-c2ccn(n2)-c2ncccc2C(=O)N1. The summed E-state index contributed by atoms with van der Waals surface area (Å²) in [5, 5.41) is 7.52. The number of rotatable bonds is 1. The molecule has 6 heteroatoms. The number of hydrogen-bond donors (Lipinski definition) is 1. The number of amides is 1. The van der Waals surface area contributed by atoms with E-state index < -0.39 is 6.04 Å². The Kier molecular flexibility index (Phi) is 6.12. The van der Waals surface area contributed by atoms with E-state index >= 15 is 0 Å². The van der Waals surface area contributed by atoms with Gasteiger partial charge in [-0.05, 0) is 60.2 Å². The van der Waals surface area contributed by atoms with Gasteiger partial charge in [-0.2, -0.15) is 5.10 Å². The molecule has 34 heavy (non-hydrogen) atoms. The van der Waals surface area contributed by atoms with Crippen LogP contribution in [0.4, 0.5) is 0 Å². The zero-order valence-corrected chi connectivity index (χ0v) is 18.6. The Labute approximate surface area is 198 Å². The Morgan fingerprint density at radius 3 is 2.53 bits per heavy atom. The van der Waals surface area contributed by atoms with Crippen LogP contribution in [0.25, 0.3) is 17.1 Å². The number of nitrogens with one attached hydrogen (secondary N) is 1. The smallest absolute Gasteiger partial charge is 0.255 e. The quantitative estimate of drug-likeness (QED) is 0.351. The Morgan fingerprint density at radius 2 is 1.71 bits per heavy atom. The predicted molar refractivity (Wildman–Crippen MR) is 131 cm³/mol. The third-order valence-corrected chi connectivity index (χ3v) is 5.89. The van der Waals surface area contributed by atoms with E-state index in [0.717, 1.165) is 35.9 Å². The molecule has 2 aromatic carbocycles. The number of aromatic nitrogens is 3. The highest BCUT2D eigenvalue weighted by Gasteiger charge is 2.19. The van der Waals surface area contributed by atoms with Crippen LogP contribution in [0.5, 0.6) is 0 Å². The average molecular weight is 449 g/mol. The Bertz CT molecular complexity index is 1350. The van der Waals surface area contributed by atoms with Crippen molar-refractivity contribution in [3.8, 4) is 17.1 Å². The number of benzene rings is 2. The van der Waals surface area contributed by atoms with E-state index in [4.69, 9.17) is 0 Å². The molecule has 2 aromatic heterocycles. The van der Waals surface area contributed by atoms with Crippen molar-refractivity contribution in [2.75, 3.05) is 0 Å². The van der Waals surface area contributed by atoms with Gasteiger partial charge in [0.05, 0.1) is 17.3 Å². The number of aldehydes is 1. The van der Waals surface area contributed by atoms with Crippen molar-refractivity contribution in [3.05, 3.63) is 114 Å². The van der Waals surface area contributed by atoms with E-state index in [-0.39, 0.29) is 5.91 Å². The largest absolute Gasteiger partial charge is 0.342 e. The summed E-state index contributed by atoms with van der Waals surface area (Å²) in [5.41, 5.74) is 5.53. The van der Waals surface area contributed by atoms with Crippen LogP contribution in [0.3, 0.4) is 0 Å². The fourth-order valence-corrected chi connectivity index (χ4v) is 4.09. The first-order valence-corrected chi connectivity index (χ1v) is 11.3. The lowest BCUT2D eigenvalue weighted by atomic mass is 10.0. The lowest BCUT2D eigenvalue weighted by molar-refractivity contribution is -0.109. The maximum Gasteiger partial charge on any atom is 0.255 e. The molecular weight excluding hydrogens is 424 g/mol. The molecule has 6 nitrogen and oxygen atoms in total. The number of fused-ring (bicyclic) bond motifs is 7. The molecule has 4 heterocycles. The Balaban J connectivity index is 1.55. The van der Waals surface area contributed by atoms with Crippen molar-refractivity contribution in [1.82, 2.24) is 20.1 Å². The summed E-state index contributed by atoms with van der Waals surface area (Å²) >= 11 is 0. The summed E-state index contributed by atoms with van der Waals surface area (Å²) in [5.74, 6) is 0.0455. The monoisotopic (exact) mass is 448 g/mol. The lowest BCUT2D eigenvalue weighted by Gasteiger charge is -2.15. The van der Waals surface area contributed by atoms with E-state index in [0.29, 0.717) is 17.8 Å². The summed E-state index contributed by atoms with van der Waals surface area (Å²) in [7, 11) is 0. The third kappa shape index (κ3) is 4.71. The maximum absolute atomic E-state index is 13.1. The number of carbonyl (C=O) groups is 2. The molecule has 1 amide bonds. The van der Waals surface area contributed by atoms with Gasteiger partial charge in [-0.3, -0.25) is 4.79 Å². The predicted octanol–water partition coefficient (Wildman–Crippen LogP) is 4.13. The maximum atomic E-state index is 13.1. The number of hydrogen-bond acceptors (Lipinski definition) is 4. The van der Waals surface area contributed by atoms with Crippen LogP contribution in [-0.4, -0.2) is 33.0 Å². The minimum Gasteiger partial charge on any atom is -0.342 e. The van der Waals surface area contributed by atoms with Crippen LogP contribution in [-0.2, 0) is 24.1 Å². The van der Waals surface area contributed by atoms with Gasteiger partial charge in [0.25, 0.3) is 5.91 Å². The third-order valence-electron chi connectivity index (χ3n) is 5.89. The molecule has 168 valence electrons. The molecule has 0 aliphatic carbocycles. The summed E-state index contributed by atoms with van der Waals surface area (Å²) in [6.45, 7) is 0. The number of carbonyl (C=O) groups excluding carboxylic acids is 2. The highest BCUT2D eigenvalue weighted by atomic mass is 16.2. The lowest BCUT2D eigenvalue weighted by Crippen LogP contribution is -2.38. The van der Waals surface area contributed by atoms with Crippen molar-refractivity contribution >= 4 is 12.2 Å². The van der Waals surface area contributed by atoms with Crippen LogP contribution in [0.1, 0.15) is 27.0 Å². The molecule has 2 aliphatic rings. The van der Waals surface area contributed by atoms with Gasteiger partial charge in [0, 0.05) is 18.0 Å². The summed E-state index contributed by atoms with van der Waals surface area (Å²) in [4.78, 5) is 29.3. The average Bonchev–Trinajstić information content (AvgIpc) is 3.37. The second kappa shape index (κ2) is 9.67. The molecule has 2 aliphatic heterocycles. The van der Waals surface area contributed by atoms with Gasteiger partial charge in [0.1, 0.15) is 6.29 Å². The number of pyridine rings is 1. The summed E-state index contributed by atoms with van der Waals surface area (Å²) in [6, 6.07) is 21.1. The molecule has 0 saturated carbocycles. The summed E-state index contributed by atoms with van der Waals surface area (Å²) < 4.78 is 1.60. The zero-order valence-electron chi connectivity index (χ0n) is 18.6. The highest BCUT2D eigenvalue weighted by molar-refractivity contribution is 5.98. The first-order valence-electron chi connectivity index (χ1n) is 11.3. The van der Waals surface area contributed by atoms with Crippen LogP contribution in [0.15, 0.2) is 91.3 Å². The topological polar surface area (TPSA) is 76.9 Å². The molecule has 0 radical (unpaired) electrons. The summed E-state index contributed by atoms with van der Waals surface area (Å²) in [6.07, 6.45) is 10.6. The van der Waals surface area contributed by atoms with E-state index in [1.807, 2.05) is 30.3 Å². The Morgan fingerprint density at radius 1 is 0.912 bits per heavy atom. The molecule has 1 N–H and O–H groups in total. The van der Waals surface area contributed by atoms with Gasteiger partial charge in [0.2, 0.25) is 0 Å². The molecule has 6 rings (SSSR count). The highest BCUT2D eigenvalue weighted by Crippen LogP contribution is 2.21. The van der Waals surface area contributed by atoms with Crippen molar-refractivity contribution in [2.24, 2.45) is 0 Å². The molecular formula is C28H24N4O2. The van der Waals surface area contributed by atoms with Gasteiger partial charge >= 0.3 is 0 Å². The first kappa shape index (κ1) is 21.5. The van der Waals surface area contributed by atoms with Crippen molar-refractivity contribution in [1.29, 1.82) is 0 Å². The molecule has 4 aromatic rings. The van der Waals surface area contributed by atoms with E-state index in [2.05, 4.69) is 51.8 Å². The standard InChI is InChI=1S/C28H24N4O2/c33-19-24-18-22-12-10-20(11-13-22)5-1-2-6-21-7-3-8-23(17-21)26-14-16-32(31-26)27-25(28(34)30-24)9-4-15-29-27/h1-4,7-17,19,24H,5-6,18H2,(H,30,34)/t24-/m0/s1. The van der Waals surface area contributed by atoms with E-state index in [9.17, 15) is 9.59 Å². The number of nitrogens with zero attached hydrogens (tertiary/aromatic N) is 3. The Hall–Kier alpha value is -4.32. The van der Waals surface area contributed by atoms with Gasteiger partial charge in [-0.25, -0.2) is 9.67 Å². The normalized spacial score (nSPS) is 15.9. The van der Waals surface area contributed by atoms with Crippen LogP contribution >= 0.6 is 0 Å². The van der Waals surface area contributed by atoms with Crippen molar-refractivity contribution in [2.45, 2.75) is 25.3 Å². The van der Waals surface area contributed by atoms with Crippen molar-refractivity contribution < 1.29 is 9.59 Å². The van der Waals surface area contributed by atoms with Gasteiger partial charge < -0.3 is 10.1 Å². The fraction of sp³-hybridized carbons (Fsp3) is 0.143. The van der Waals surface area contributed by atoms with Crippen LogP contribution in [0.2, 0.25) is 0 Å². The van der Waals surface area contributed by atoms with Gasteiger partial charge in [0.15, 0.2) is 5.82 Å². The second-order valence-electron chi connectivity index (χ2n) is 8.34. The second-order valence-corrected chi connectivity index (χ2v) is 8.34. The van der Waals surface area contributed by atoms with Crippen LogP contribution < -0.4 is 5.32 Å². The molecule has 0 spiro atoms. The zero-order chi connectivity index (χ0) is 23.3. The van der Waals surface area contributed by atoms with Crippen LogP contribution in [0, 0.1) is 0 Å². The molecule has 0 unspecified atom stereocenters. The minimum atomic E-state index is -0.646.